The Hall–Kier alpha value is -0.790. The monoisotopic (exact) mass is 214 g/mol. The largest absolute Gasteiger partial charge is 0.462 e. The van der Waals surface area contributed by atoms with Crippen LogP contribution < -0.4 is 0 Å². The number of esters is 1. The molecule has 0 heterocycles. The molecule has 0 aromatic rings. The van der Waals surface area contributed by atoms with Crippen LogP contribution in [0.1, 0.15) is 54.4 Å². The number of hydrogen-bond acceptors (Lipinski definition) is 2. The number of ether oxygens (including phenoxy) is 1. The summed E-state index contributed by atoms with van der Waals surface area (Å²) in [5.41, 5.74) is 0. The second-order valence-corrected chi connectivity index (χ2v) is 3.34. The Kier molecular flexibility index (Phi) is 12.5. The maximum Gasteiger partial charge on any atom is 0.302 e. The summed E-state index contributed by atoms with van der Waals surface area (Å²) in [4.78, 5) is 10.8. The van der Waals surface area contributed by atoms with Gasteiger partial charge in [0.15, 0.2) is 0 Å². The van der Waals surface area contributed by atoms with E-state index in [-0.39, 0.29) is 12.1 Å². The van der Waals surface area contributed by atoms with Gasteiger partial charge in [-0.25, -0.2) is 0 Å². The summed E-state index contributed by atoms with van der Waals surface area (Å²) in [6.45, 7) is 11.6. The summed E-state index contributed by atoms with van der Waals surface area (Å²) >= 11 is 0. The fourth-order valence-electron chi connectivity index (χ4n) is 1.32. The number of carbonyl (C=O) groups is 1. The zero-order valence-electron chi connectivity index (χ0n) is 11.0. The fraction of sp³-hybridized carbons (Fsp3) is 0.769. The third kappa shape index (κ3) is 9.51. The molecule has 0 amide bonds. The molecule has 0 saturated heterocycles. The van der Waals surface area contributed by atoms with Gasteiger partial charge >= 0.3 is 5.97 Å². The molecule has 2 heteroatoms. The van der Waals surface area contributed by atoms with Crippen LogP contribution in [0.5, 0.6) is 0 Å². The molecule has 2 atom stereocenters. The maximum absolute atomic E-state index is 10.8. The van der Waals surface area contributed by atoms with Crippen LogP contribution in [0, 0.1) is 5.92 Å². The SMILES string of the molecule is C/C=C/C[C@@H](C)[C@H](CC)OC(C)=O.CC. The molecule has 2 nitrogen and oxygen atoms in total. The molecule has 0 rings (SSSR count). The van der Waals surface area contributed by atoms with E-state index in [0.29, 0.717) is 5.92 Å². The van der Waals surface area contributed by atoms with E-state index in [2.05, 4.69) is 13.0 Å². The molecule has 0 aromatic carbocycles. The first-order valence-corrected chi connectivity index (χ1v) is 5.90. The van der Waals surface area contributed by atoms with E-state index in [1.54, 1.807) is 0 Å². The Morgan fingerprint density at radius 1 is 1.40 bits per heavy atom. The van der Waals surface area contributed by atoms with E-state index in [9.17, 15) is 4.79 Å². The first-order valence-electron chi connectivity index (χ1n) is 5.90. The average molecular weight is 214 g/mol. The molecular weight excluding hydrogens is 188 g/mol. The Balaban J connectivity index is 0. The van der Waals surface area contributed by atoms with Crippen LogP contribution in [0.2, 0.25) is 0 Å². The summed E-state index contributed by atoms with van der Waals surface area (Å²) in [7, 11) is 0. The molecule has 0 fully saturated rings. The topological polar surface area (TPSA) is 26.3 Å². The lowest BCUT2D eigenvalue weighted by atomic mass is 9.98. The Morgan fingerprint density at radius 2 is 1.93 bits per heavy atom. The summed E-state index contributed by atoms with van der Waals surface area (Å²) in [5, 5.41) is 0. The van der Waals surface area contributed by atoms with Crippen molar-refractivity contribution in [1.29, 1.82) is 0 Å². The van der Waals surface area contributed by atoms with Crippen molar-refractivity contribution in [2.24, 2.45) is 5.92 Å². The van der Waals surface area contributed by atoms with Crippen molar-refractivity contribution >= 4 is 5.97 Å². The van der Waals surface area contributed by atoms with Crippen LogP contribution in [0.25, 0.3) is 0 Å². The second-order valence-electron chi connectivity index (χ2n) is 3.34. The standard InChI is InChI=1S/C11H20O2.C2H6/c1-5-7-8-9(3)11(6-2)13-10(4)12;1-2/h5,7,9,11H,6,8H2,1-4H3;1-2H3/b7-5+;/t9-,11+;/m1./s1. The van der Waals surface area contributed by atoms with Crippen molar-refractivity contribution in [1.82, 2.24) is 0 Å². The minimum Gasteiger partial charge on any atom is -0.462 e. The Bertz CT molecular complexity index is 173. The Labute approximate surface area is 94.7 Å². The quantitative estimate of drug-likeness (QED) is 0.511. The lowest BCUT2D eigenvalue weighted by molar-refractivity contribution is -0.148. The van der Waals surface area contributed by atoms with Gasteiger partial charge in [0, 0.05) is 6.92 Å². The molecule has 15 heavy (non-hydrogen) atoms. The van der Waals surface area contributed by atoms with E-state index in [1.165, 1.54) is 6.92 Å². The van der Waals surface area contributed by atoms with E-state index >= 15 is 0 Å². The molecule has 90 valence electrons. The minimum atomic E-state index is -0.181. The molecule has 0 aliphatic rings. The van der Waals surface area contributed by atoms with Gasteiger partial charge in [0.05, 0.1) is 0 Å². The lowest BCUT2D eigenvalue weighted by Crippen LogP contribution is -2.22. The zero-order chi connectivity index (χ0) is 12.3. The van der Waals surface area contributed by atoms with E-state index < -0.39 is 0 Å². The van der Waals surface area contributed by atoms with E-state index in [1.807, 2.05) is 33.8 Å². The molecule has 0 radical (unpaired) electrons. The van der Waals surface area contributed by atoms with Crippen LogP contribution in [-0.2, 0) is 9.53 Å². The molecule has 0 aromatic heterocycles. The highest BCUT2D eigenvalue weighted by molar-refractivity contribution is 5.66. The first kappa shape index (κ1) is 16.6. The normalized spacial score (nSPS) is 14.0. The highest BCUT2D eigenvalue weighted by atomic mass is 16.5. The van der Waals surface area contributed by atoms with Gasteiger partial charge in [0.1, 0.15) is 6.10 Å². The van der Waals surface area contributed by atoms with Crippen LogP contribution in [0.15, 0.2) is 12.2 Å². The zero-order valence-corrected chi connectivity index (χ0v) is 11.0. The average Bonchev–Trinajstić information content (AvgIpc) is 2.25. The van der Waals surface area contributed by atoms with Gasteiger partial charge in [-0.1, -0.05) is 39.8 Å². The van der Waals surface area contributed by atoms with E-state index in [0.717, 1.165) is 12.8 Å². The number of rotatable bonds is 5. The molecule has 0 saturated carbocycles. The summed E-state index contributed by atoms with van der Waals surface area (Å²) < 4.78 is 5.19. The van der Waals surface area contributed by atoms with Crippen LogP contribution in [0.4, 0.5) is 0 Å². The fourth-order valence-corrected chi connectivity index (χ4v) is 1.32. The van der Waals surface area contributed by atoms with Gasteiger partial charge in [0.2, 0.25) is 0 Å². The summed E-state index contributed by atoms with van der Waals surface area (Å²) in [5.74, 6) is 0.226. The van der Waals surface area contributed by atoms with Crippen molar-refractivity contribution in [2.45, 2.75) is 60.5 Å². The molecule has 0 bridgehead atoms. The molecule has 0 unspecified atom stereocenters. The molecule has 0 spiro atoms. The van der Waals surface area contributed by atoms with Gasteiger partial charge < -0.3 is 4.74 Å². The van der Waals surface area contributed by atoms with Crippen molar-refractivity contribution in [3.8, 4) is 0 Å². The first-order chi connectivity index (χ1) is 7.11. The molecular formula is C13H26O2. The van der Waals surface area contributed by atoms with Crippen molar-refractivity contribution in [3.63, 3.8) is 0 Å². The predicted molar refractivity (Wildman–Crippen MR) is 65.8 cm³/mol. The summed E-state index contributed by atoms with van der Waals surface area (Å²) in [6.07, 6.45) is 6.06. The highest BCUT2D eigenvalue weighted by Crippen LogP contribution is 2.15. The van der Waals surface area contributed by atoms with Gasteiger partial charge in [-0.3, -0.25) is 4.79 Å². The number of allylic oxidation sites excluding steroid dienone is 2. The van der Waals surface area contributed by atoms with Crippen LogP contribution >= 0.6 is 0 Å². The molecule has 0 aliphatic carbocycles. The summed E-state index contributed by atoms with van der Waals surface area (Å²) in [6, 6.07) is 0. The minimum absolute atomic E-state index is 0.0636. The van der Waals surface area contributed by atoms with Crippen LogP contribution in [0.3, 0.4) is 0 Å². The van der Waals surface area contributed by atoms with Crippen LogP contribution in [-0.4, -0.2) is 12.1 Å². The molecule has 0 N–H and O–H groups in total. The lowest BCUT2D eigenvalue weighted by Gasteiger charge is -2.21. The predicted octanol–water partition coefficient (Wildman–Crippen LogP) is 3.96. The van der Waals surface area contributed by atoms with Gasteiger partial charge in [0.25, 0.3) is 0 Å². The number of hydrogen-bond donors (Lipinski definition) is 0. The smallest absolute Gasteiger partial charge is 0.302 e. The van der Waals surface area contributed by atoms with Crippen molar-refractivity contribution < 1.29 is 9.53 Å². The molecule has 0 aliphatic heterocycles. The van der Waals surface area contributed by atoms with Crippen molar-refractivity contribution in [2.75, 3.05) is 0 Å². The third-order valence-corrected chi connectivity index (χ3v) is 2.10. The van der Waals surface area contributed by atoms with Gasteiger partial charge in [-0.15, -0.1) is 0 Å². The van der Waals surface area contributed by atoms with Gasteiger partial charge in [-0.2, -0.15) is 0 Å². The van der Waals surface area contributed by atoms with Gasteiger partial charge in [-0.05, 0) is 25.7 Å². The maximum atomic E-state index is 10.8. The van der Waals surface area contributed by atoms with Crippen molar-refractivity contribution in [3.05, 3.63) is 12.2 Å². The highest BCUT2D eigenvalue weighted by Gasteiger charge is 2.16. The van der Waals surface area contributed by atoms with E-state index in [4.69, 9.17) is 4.74 Å². The second kappa shape index (κ2) is 11.3. The Morgan fingerprint density at radius 3 is 2.27 bits per heavy atom. The third-order valence-electron chi connectivity index (χ3n) is 2.10. The number of carbonyl (C=O) groups excluding carboxylic acids is 1.